The number of nitrogens with zero attached hydrogens (tertiary/aromatic N) is 2. The summed E-state index contributed by atoms with van der Waals surface area (Å²) in [6.07, 6.45) is 6.05. The normalized spacial score (nSPS) is 11.0. The highest BCUT2D eigenvalue weighted by atomic mass is 35.5. The first-order chi connectivity index (χ1) is 10.2. The molecule has 3 nitrogen and oxygen atoms in total. The summed E-state index contributed by atoms with van der Waals surface area (Å²) in [5.74, 6) is 0. The lowest BCUT2D eigenvalue weighted by Crippen LogP contribution is -2.01. The van der Waals surface area contributed by atoms with Gasteiger partial charge in [-0.1, -0.05) is 11.6 Å². The van der Waals surface area contributed by atoms with E-state index in [0.717, 1.165) is 40.3 Å². The number of hydrogen-bond donors (Lipinski definition) is 1. The molecule has 0 aliphatic heterocycles. The van der Waals surface area contributed by atoms with E-state index >= 15 is 0 Å². The Labute approximate surface area is 129 Å². The Bertz CT molecular complexity index is 777. The van der Waals surface area contributed by atoms with Crippen LogP contribution in [0, 0.1) is 6.92 Å². The van der Waals surface area contributed by atoms with Gasteiger partial charge < -0.3 is 9.88 Å². The monoisotopic (exact) mass is 299 g/mol. The zero-order valence-electron chi connectivity index (χ0n) is 12.2. The molecule has 2 heterocycles. The first kappa shape index (κ1) is 14.0. The van der Waals surface area contributed by atoms with Crippen molar-refractivity contribution in [1.29, 1.82) is 0 Å². The van der Waals surface area contributed by atoms with Crippen LogP contribution in [0.2, 0.25) is 5.02 Å². The highest BCUT2D eigenvalue weighted by molar-refractivity contribution is 6.35. The molecule has 0 spiro atoms. The smallest absolute Gasteiger partial charge is 0.0752 e. The molecule has 0 atom stereocenters. The lowest BCUT2D eigenvalue weighted by molar-refractivity contribution is 0.766. The molecule has 0 bridgehead atoms. The van der Waals surface area contributed by atoms with Crippen molar-refractivity contribution < 1.29 is 0 Å². The Morgan fingerprint density at radius 2 is 2.19 bits per heavy atom. The van der Waals surface area contributed by atoms with Crippen molar-refractivity contribution in [3.8, 4) is 0 Å². The number of nitrogens with one attached hydrogen (secondary N) is 1. The zero-order valence-corrected chi connectivity index (χ0v) is 13.0. The minimum atomic E-state index is 0.739. The molecule has 0 amide bonds. The van der Waals surface area contributed by atoms with Gasteiger partial charge in [-0.2, -0.15) is 0 Å². The molecule has 0 fully saturated rings. The van der Waals surface area contributed by atoms with Crippen molar-refractivity contribution in [2.75, 3.05) is 5.32 Å². The molecule has 3 aromatic rings. The van der Waals surface area contributed by atoms with Gasteiger partial charge in [0.2, 0.25) is 0 Å². The molecule has 108 valence electrons. The summed E-state index contributed by atoms with van der Waals surface area (Å²) < 4.78 is 2.16. The van der Waals surface area contributed by atoms with Crippen LogP contribution in [-0.4, -0.2) is 9.55 Å². The third-order valence-corrected chi connectivity index (χ3v) is 3.98. The number of rotatable bonds is 4. The summed E-state index contributed by atoms with van der Waals surface area (Å²) in [7, 11) is 0. The number of aromatic nitrogens is 2. The van der Waals surface area contributed by atoms with Crippen molar-refractivity contribution in [1.82, 2.24) is 9.55 Å². The number of benzene rings is 1. The standard InChI is InChI=1S/C17H18ClN3/c1-3-21-8-6-13(11-21)10-20-17-14-5-4-7-19-16(14)12(2)9-15(17)18/h4-9,11,20H,3,10H2,1-2H3. The largest absolute Gasteiger partial charge is 0.379 e. The van der Waals surface area contributed by atoms with Crippen LogP contribution in [0.25, 0.3) is 10.9 Å². The summed E-state index contributed by atoms with van der Waals surface area (Å²) in [5.41, 5.74) is 4.29. The van der Waals surface area contributed by atoms with Gasteiger partial charge in [-0.3, -0.25) is 4.98 Å². The Hall–Kier alpha value is -2.00. The summed E-state index contributed by atoms with van der Waals surface area (Å²) in [5, 5.41) is 5.26. The maximum absolute atomic E-state index is 6.41. The summed E-state index contributed by atoms with van der Waals surface area (Å²) >= 11 is 6.41. The molecule has 0 aliphatic carbocycles. The molecule has 0 radical (unpaired) electrons. The van der Waals surface area contributed by atoms with E-state index in [-0.39, 0.29) is 0 Å². The average molecular weight is 300 g/mol. The number of hydrogen-bond acceptors (Lipinski definition) is 2. The number of fused-ring (bicyclic) bond motifs is 1. The van der Waals surface area contributed by atoms with E-state index in [2.05, 4.69) is 46.3 Å². The molecule has 2 aromatic heterocycles. The molecule has 3 rings (SSSR count). The van der Waals surface area contributed by atoms with Crippen molar-refractivity contribution in [2.45, 2.75) is 26.9 Å². The minimum absolute atomic E-state index is 0.739. The van der Waals surface area contributed by atoms with E-state index in [0.29, 0.717) is 0 Å². The second kappa shape index (κ2) is 5.78. The van der Waals surface area contributed by atoms with E-state index in [9.17, 15) is 0 Å². The quantitative estimate of drug-likeness (QED) is 0.761. The maximum atomic E-state index is 6.41. The lowest BCUT2D eigenvalue weighted by atomic mass is 10.1. The Morgan fingerprint density at radius 1 is 1.33 bits per heavy atom. The van der Waals surface area contributed by atoms with Crippen LogP contribution in [0.3, 0.4) is 0 Å². The molecule has 0 aliphatic rings. The van der Waals surface area contributed by atoms with Crippen molar-refractivity contribution in [2.24, 2.45) is 0 Å². The predicted molar refractivity (Wildman–Crippen MR) is 88.9 cm³/mol. The van der Waals surface area contributed by atoms with Crippen LogP contribution in [0.5, 0.6) is 0 Å². The van der Waals surface area contributed by atoms with Crippen molar-refractivity contribution in [3.05, 3.63) is 59.0 Å². The molecule has 4 heteroatoms. The van der Waals surface area contributed by atoms with Crippen molar-refractivity contribution >= 4 is 28.2 Å². The van der Waals surface area contributed by atoms with Crippen LogP contribution < -0.4 is 5.32 Å². The first-order valence-electron chi connectivity index (χ1n) is 7.11. The molecule has 1 aromatic carbocycles. The number of pyridine rings is 1. The summed E-state index contributed by atoms with van der Waals surface area (Å²) in [6, 6.07) is 8.09. The van der Waals surface area contributed by atoms with Gasteiger partial charge in [0.1, 0.15) is 0 Å². The summed E-state index contributed by atoms with van der Waals surface area (Å²) in [4.78, 5) is 4.45. The lowest BCUT2D eigenvalue weighted by Gasteiger charge is -2.12. The molecule has 0 saturated heterocycles. The average Bonchev–Trinajstić information content (AvgIpc) is 2.95. The number of halogens is 1. The van der Waals surface area contributed by atoms with Crippen LogP contribution in [0.1, 0.15) is 18.1 Å². The van der Waals surface area contributed by atoms with Gasteiger partial charge in [0.05, 0.1) is 16.2 Å². The second-order valence-corrected chi connectivity index (χ2v) is 5.56. The van der Waals surface area contributed by atoms with Crippen LogP contribution in [-0.2, 0) is 13.1 Å². The van der Waals surface area contributed by atoms with Gasteiger partial charge >= 0.3 is 0 Å². The first-order valence-corrected chi connectivity index (χ1v) is 7.49. The van der Waals surface area contributed by atoms with Gasteiger partial charge in [-0.05, 0) is 49.2 Å². The molecule has 0 saturated carbocycles. The summed E-state index contributed by atoms with van der Waals surface area (Å²) in [6.45, 7) is 5.90. The minimum Gasteiger partial charge on any atom is -0.379 e. The fourth-order valence-corrected chi connectivity index (χ4v) is 2.87. The third kappa shape index (κ3) is 2.74. The SMILES string of the molecule is CCn1ccc(CNc2c(Cl)cc(C)c3ncccc23)c1. The highest BCUT2D eigenvalue weighted by Crippen LogP contribution is 2.32. The van der Waals surface area contributed by atoms with E-state index < -0.39 is 0 Å². The fraction of sp³-hybridized carbons (Fsp3) is 0.235. The molecule has 0 unspecified atom stereocenters. The van der Waals surface area contributed by atoms with Crippen LogP contribution >= 0.6 is 11.6 Å². The number of anilines is 1. The Morgan fingerprint density at radius 3 is 2.95 bits per heavy atom. The van der Waals surface area contributed by atoms with Gasteiger partial charge in [0.15, 0.2) is 0 Å². The highest BCUT2D eigenvalue weighted by Gasteiger charge is 2.09. The van der Waals surface area contributed by atoms with Gasteiger partial charge in [0, 0.05) is 37.1 Å². The zero-order chi connectivity index (χ0) is 14.8. The van der Waals surface area contributed by atoms with E-state index in [1.165, 1.54) is 5.56 Å². The molecular weight excluding hydrogens is 282 g/mol. The fourth-order valence-electron chi connectivity index (χ4n) is 2.54. The Balaban J connectivity index is 1.93. The third-order valence-electron chi connectivity index (χ3n) is 3.68. The van der Waals surface area contributed by atoms with Crippen LogP contribution in [0.15, 0.2) is 42.9 Å². The topological polar surface area (TPSA) is 29.9 Å². The Kier molecular flexibility index (Phi) is 3.84. The van der Waals surface area contributed by atoms with Gasteiger partial charge in [-0.15, -0.1) is 0 Å². The van der Waals surface area contributed by atoms with Crippen molar-refractivity contribution in [3.63, 3.8) is 0 Å². The maximum Gasteiger partial charge on any atom is 0.0752 e. The van der Waals surface area contributed by atoms with E-state index in [4.69, 9.17) is 11.6 Å². The number of aryl methyl sites for hydroxylation is 2. The van der Waals surface area contributed by atoms with Gasteiger partial charge in [-0.25, -0.2) is 0 Å². The van der Waals surface area contributed by atoms with E-state index in [1.807, 2.05) is 25.3 Å². The second-order valence-electron chi connectivity index (χ2n) is 5.15. The van der Waals surface area contributed by atoms with Gasteiger partial charge in [0.25, 0.3) is 0 Å². The van der Waals surface area contributed by atoms with E-state index in [1.54, 1.807) is 0 Å². The molecular formula is C17H18ClN3. The molecule has 1 N–H and O–H groups in total. The predicted octanol–water partition coefficient (Wildman–Crippen LogP) is 4.63. The molecule has 21 heavy (non-hydrogen) atoms. The van der Waals surface area contributed by atoms with Crippen LogP contribution in [0.4, 0.5) is 5.69 Å².